The van der Waals surface area contributed by atoms with Gasteiger partial charge in [-0.25, -0.2) is 0 Å². The fourth-order valence-corrected chi connectivity index (χ4v) is 2.49. The van der Waals surface area contributed by atoms with Gasteiger partial charge in [-0.2, -0.15) is 5.10 Å². The number of nitrogens with zero attached hydrogens (tertiary/aromatic N) is 2. The van der Waals surface area contributed by atoms with Gasteiger partial charge in [-0.3, -0.25) is 4.68 Å². The molecule has 0 saturated carbocycles. The van der Waals surface area contributed by atoms with Crippen LogP contribution in [0.25, 0.3) is 0 Å². The number of aliphatic hydroxyl groups excluding tert-OH is 1. The van der Waals surface area contributed by atoms with Crippen LogP contribution in [-0.4, -0.2) is 34.2 Å². The first kappa shape index (κ1) is 13.4. The molecule has 2 atom stereocenters. The topological polar surface area (TPSA) is 56.5 Å². The van der Waals surface area contributed by atoms with Crippen molar-refractivity contribution in [2.75, 3.05) is 13.7 Å². The molecule has 1 aromatic rings. The molecule has 1 fully saturated rings. The third-order valence-electron chi connectivity index (χ3n) is 3.59. The predicted molar refractivity (Wildman–Crippen MR) is 67.7 cm³/mol. The number of aromatic nitrogens is 2. The van der Waals surface area contributed by atoms with Crippen molar-refractivity contribution in [3.63, 3.8) is 0 Å². The lowest BCUT2D eigenvalue weighted by Crippen LogP contribution is -2.34. The fourth-order valence-electron chi connectivity index (χ4n) is 2.49. The molecular weight excluding hydrogens is 232 g/mol. The summed E-state index contributed by atoms with van der Waals surface area (Å²) in [4.78, 5) is 0. The highest BCUT2D eigenvalue weighted by molar-refractivity contribution is 5.29. The third-order valence-corrected chi connectivity index (χ3v) is 3.59. The number of rotatable bonds is 4. The Morgan fingerprint density at radius 1 is 1.56 bits per heavy atom. The summed E-state index contributed by atoms with van der Waals surface area (Å²) in [6.07, 6.45) is 2.75. The molecule has 1 aromatic heterocycles. The molecule has 0 amide bonds. The quantitative estimate of drug-likeness (QED) is 0.893. The molecule has 0 bridgehead atoms. The van der Waals surface area contributed by atoms with Crippen molar-refractivity contribution < 1.29 is 14.6 Å². The summed E-state index contributed by atoms with van der Waals surface area (Å²) in [6.45, 7) is 6.70. The molecule has 0 aliphatic carbocycles. The van der Waals surface area contributed by atoms with E-state index in [1.807, 2.05) is 20.8 Å². The van der Waals surface area contributed by atoms with Crippen LogP contribution in [-0.2, 0) is 4.74 Å². The van der Waals surface area contributed by atoms with Crippen LogP contribution >= 0.6 is 0 Å². The van der Waals surface area contributed by atoms with E-state index in [0.29, 0.717) is 18.1 Å². The molecule has 1 aliphatic rings. The fraction of sp³-hybridized carbons (Fsp3) is 0.769. The van der Waals surface area contributed by atoms with Crippen LogP contribution < -0.4 is 4.74 Å². The van der Waals surface area contributed by atoms with Gasteiger partial charge in [-0.1, -0.05) is 0 Å². The number of methoxy groups -OCH3 is 1. The Hall–Kier alpha value is -1.07. The summed E-state index contributed by atoms with van der Waals surface area (Å²) in [6, 6.07) is 0.170. The minimum atomic E-state index is -0.722. The minimum absolute atomic E-state index is 0.170. The monoisotopic (exact) mass is 254 g/mol. The van der Waals surface area contributed by atoms with E-state index in [9.17, 15) is 5.11 Å². The van der Waals surface area contributed by atoms with E-state index in [1.165, 1.54) is 0 Å². The van der Waals surface area contributed by atoms with Gasteiger partial charge in [-0.15, -0.1) is 0 Å². The molecule has 102 valence electrons. The Morgan fingerprint density at radius 3 is 2.78 bits per heavy atom. The van der Waals surface area contributed by atoms with E-state index >= 15 is 0 Å². The van der Waals surface area contributed by atoms with Crippen LogP contribution in [0, 0.1) is 0 Å². The van der Waals surface area contributed by atoms with Crippen LogP contribution in [0.2, 0.25) is 0 Å². The molecule has 0 aromatic carbocycles. The molecular formula is C13H22N2O3. The van der Waals surface area contributed by atoms with Crippen molar-refractivity contribution in [3.8, 4) is 5.75 Å². The average Bonchev–Trinajstić information content (AvgIpc) is 2.94. The second-order valence-electron chi connectivity index (χ2n) is 5.30. The van der Waals surface area contributed by atoms with Gasteiger partial charge >= 0.3 is 0 Å². The lowest BCUT2D eigenvalue weighted by atomic mass is 9.92. The minimum Gasteiger partial charge on any atom is -0.493 e. The first-order valence-corrected chi connectivity index (χ1v) is 6.43. The van der Waals surface area contributed by atoms with Gasteiger partial charge in [-0.05, 0) is 33.6 Å². The number of ether oxygens (including phenoxy) is 2. The maximum absolute atomic E-state index is 10.6. The van der Waals surface area contributed by atoms with Crippen LogP contribution in [0.15, 0.2) is 6.20 Å². The van der Waals surface area contributed by atoms with Crippen LogP contribution in [0.4, 0.5) is 0 Å². The highest BCUT2D eigenvalue weighted by Crippen LogP contribution is 2.41. The largest absolute Gasteiger partial charge is 0.493 e. The lowest BCUT2D eigenvalue weighted by Gasteiger charge is -2.30. The number of aliphatic hydroxyl groups is 1. The molecule has 0 radical (unpaired) electrons. The summed E-state index contributed by atoms with van der Waals surface area (Å²) in [5.41, 5.74) is 0.164. The number of hydrogen-bond acceptors (Lipinski definition) is 4. The Bertz CT molecular complexity index is 408. The summed E-state index contributed by atoms with van der Waals surface area (Å²) < 4.78 is 12.8. The molecule has 1 saturated heterocycles. The normalized spacial score (nSPS) is 25.7. The smallest absolute Gasteiger partial charge is 0.162 e. The Labute approximate surface area is 108 Å². The van der Waals surface area contributed by atoms with E-state index in [1.54, 1.807) is 18.0 Å². The van der Waals surface area contributed by atoms with Crippen molar-refractivity contribution >= 4 is 0 Å². The Kier molecular flexibility index (Phi) is 3.64. The van der Waals surface area contributed by atoms with Crippen molar-refractivity contribution in [2.45, 2.75) is 51.4 Å². The van der Waals surface area contributed by atoms with Gasteiger partial charge in [0.2, 0.25) is 0 Å². The van der Waals surface area contributed by atoms with Crippen LogP contribution in [0.1, 0.15) is 51.5 Å². The molecule has 5 heteroatoms. The summed E-state index contributed by atoms with van der Waals surface area (Å²) >= 11 is 0. The standard InChI is InChI=1S/C13H22N2O3/c1-9(2)15-11(10(17-4)8-14-15)12(16)13(3)6-5-7-18-13/h8-9,12,16H,5-7H2,1-4H3. The van der Waals surface area contributed by atoms with Crippen molar-refractivity contribution in [1.82, 2.24) is 9.78 Å². The van der Waals surface area contributed by atoms with Gasteiger partial charge in [0, 0.05) is 12.6 Å². The first-order valence-electron chi connectivity index (χ1n) is 6.43. The molecule has 5 nitrogen and oxygen atoms in total. The zero-order chi connectivity index (χ0) is 13.3. The van der Waals surface area contributed by atoms with Gasteiger partial charge in [0.1, 0.15) is 11.8 Å². The van der Waals surface area contributed by atoms with Crippen molar-refractivity contribution in [1.29, 1.82) is 0 Å². The number of hydrogen-bond donors (Lipinski definition) is 1. The van der Waals surface area contributed by atoms with E-state index in [4.69, 9.17) is 9.47 Å². The van der Waals surface area contributed by atoms with Crippen LogP contribution in [0.5, 0.6) is 5.75 Å². The summed E-state index contributed by atoms with van der Waals surface area (Å²) in [5.74, 6) is 0.618. The second-order valence-corrected chi connectivity index (χ2v) is 5.30. The average molecular weight is 254 g/mol. The lowest BCUT2D eigenvalue weighted by molar-refractivity contribution is -0.0839. The van der Waals surface area contributed by atoms with Crippen LogP contribution in [0.3, 0.4) is 0 Å². The van der Waals surface area contributed by atoms with E-state index in [2.05, 4.69) is 5.10 Å². The molecule has 1 aliphatic heterocycles. The van der Waals surface area contributed by atoms with E-state index in [-0.39, 0.29) is 6.04 Å². The molecule has 1 N–H and O–H groups in total. The zero-order valence-electron chi connectivity index (χ0n) is 11.5. The zero-order valence-corrected chi connectivity index (χ0v) is 11.5. The third kappa shape index (κ3) is 2.12. The Morgan fingerprint density at radius 2 is 2.28 bits per heavy atom. The Balaban J connectivity index is 2.39. The maximum Gasteiger partial charge on any atom is 0.162 e. The SMILES string of the molecule is COc1cnn(C(C)C)c1C(O)C1(C)CCCO1. The second kappa shape index (κ2) is 4.90. The molecule has 18 heavy (non-hydrogen) atoms. The first-order chi connectivity index (χ1) is 8.49. The molecule has 2 unspecified atom stereocenters. The van der Waals surface area contributed by atoms with Crippen molar-refractivity contribution in [2.24, 2.45) is 0 Å². The van der Waals surface area contributed by atoms with Crippen molar-refractivity contribution in [3.05, 3.63) is 11.9 Å². The van der Waals surface area contributed by atoms with E-state index in [0.717, 1.165) is 12.8 Å². The summed E-state index contributed by atoms with van der Waals surface area (Å²) in [5, 5.41) is 14.9. The van der Waals surface area contributed by atoms with Gasteiger partial charge < -0.3 is 14.6 Å². The molecule has 2 heterocycles. The van der Waals surface area contributed by atoms with Gasteiger partial charge in [0.15, 0.2) is 5.75 Å². The van der Waals surface area contributed by atoms with E-state index < -0.39 is 11.7 Å². The maximum atomic E-state index is 10.6. The molecule has 0 spiro atoms. The predicted octanol–water partition coefficient (Wildman–Crippen LogP) is 2.08. The highest BCUT2D eigenvalue weighted by Gasteiger charge is 2.41. The highest BCUT2D eigenvalue weighted by atomic mass is 16.5. The van der Waals surface area contributed by atoms with Gasteiger partial charge in [0.05, 0.1) is 18.9 Å². The van der Waals surface area contributed by atoms with Gasteiger partial charge in [0.25, 0.3) is 0 Å². The molecule has 2 rings (SSSR count). The summed E-state index contributed by atoms with van der Waals surface area (Å²) in [7, 11) is 1.59.